The van der Waals surface area contributed by atoms with Gasteiger partial charge in [-0.15, -0.1) is 0 Å². The number of aromatic nitrogens is 1. The third-order valence-electron chi connectivity index (χ3n) is 3.51. The molecule has 2 amide bonds. The van der Waals surface area contributed by atoms with Crippen LogP contribution in [0, 0.1) is 0 Å². The molecule has 0 fully saturated rings. The number of nitrogens with one attached hydrogen (secondary N) is 2. The molecule has 0 saturated carbocycles. The Morgan fingerprint density at radius 2 is 1.65 bits per heavy atom. The van der Waals surface area contributed by atoms with Gasteiger partial charge in [-0.05, 0) is 37.1 Å². The third kappa shape index (κ3) is 5.84. The van der Waals surface area contributed by atoms with Crippen LogP contribution in [-0.4, -0.2) is 31.3 Å². The molecule has 2 rings (SSSR count). The number of urea groups is 1. The molecule has 26 heavy (non-hydrogen) atoms. The van der Waals surface area contributed by atoms with Gasteiger partial charge in [-0.1, -0.05) is 12.1 Å². The van der Waals surface area contributed by atoms with Crippen molar-refractivity contribution < 1.29 is 19.0 Å². The summed E-state index contributed by atoms with van der Waals surface area (Å²) >= 11 is 0. The van der Waals surface area contributed by atoms with Gasteiger partial charge in [0.05, 0.1) is 20.3 Å². The second-order valence-corrected chi connectivity index (χ2v) is 5.90. The van der Waals surface area contributed by atoms with E-state index in [9.17, 15) is 4.79 Å². The van der Waals surface area contributed by atoms with E-state index in [0.717, 1.165) is 11.1 Å². The molecule has 0 spiro atoms. The maximum Gasteiger partial charge on any atom is 0.315 e. The molecule has 0 atom stereocenters. The van der Waals surface area contributed by atoms with Crippen LogP contribution >= 0.6 is 0 Å². The third-order valence-corrected chi connectivity index (χ3v) is 3.51. The van der Waals surface area contributed by atoms with Crippen LogP contribution in [0.4, 0.5) is 4.79 Å². The molecule has 2 N–H and O–H groups in total. The monoisotopic (exact) mass is 359 g/mol. The van der Waals surface area contributed by atoms with Crippen LogP contribution in [0.5, 0.6) is 17.4 Å². The number of nitrogens with zero attached hydrogens (tertiary/aromatic N) is 1. The quantitative estimate of drug-likeness (QED) is 0.757. The number of ether oxygens (including phenoxy) is 3. The van der Waals surface area contributed by atoms with E-state index in [1.807, 2.05) is 32.0 Å². The van der Waals surface area contributed by atoms with Gasteiger partial charge >= 0.3 is 6.03 Å². The van der Waals surface area contributed by atoms with Crippen molar-refractivity contribution in [1.29, 1.82) is 0 Å². The Morgan fingerprint density at radius 3 is 2.23 bits per heavy atom. The summed E-state index contributed by atoms with van der Waals surface area (Å²) in [5.41, 5.74) is 1.80. The lowest BCUT2D eigenvalue weighted by Gasteiger charge is -2.11. The highest BCUT2D eigenvalue weighted by Crippen LogP contribution is 2.27. The fraction of sp³-hybridized carbons (Fsp3) is 0.368. The fourth-order valence-electron chi connectivity index (χ4n) is 2.24. The number of benzene rings is 1. The minimum atomic E-state index is -0.262. The van der Waals surface area contributed by atoms with Crippen molar-refractivity contribution in [3.63, 3.8) is 0 Å². The summed E-state index contributed by atoms with van der Waals surface area (Å²) in [6.07, 6.45) is 1.76. The van der Waals surface area contributed by atoms with Crippen molar-refractivity contribution in [3.05, 3.63) is 47.7 Å². The SMILES string of the molecule is COc1ccc(CNC(=O)NCc2ccc(OC(C)C)nc2)cc1OC. The summed E-state index contributed by atoms with van der Waals surface area (Å²) in [5.74, 6) is 1.85. The Bertz CT molecular complexity index is 717. The van der Waals surface area contributed by atoms with E-state index in [1.54, 1.807) is 32.5 Å². The fourth-order valence-corrected chi connectivity index (χ4v) is 2.24. The van der Waals surface area contributed by atoms with Gasteiger partial charge in [-0.3, -0.25) is 0 Å². The van der Waals surface area contributed by atoms with Crippen molar-refractivity contribution >= 4 is 6.03 Å². The Balaban J connectivity index is 1.80. The number of hydrogen-bond acceptors (Lipinski definition) is 5. The number of carbonyl (C=O) groups is 1. The number of carbonyl (C=O) groups excluding carboxylic acids is 1. The minimum Gasteiger partial charge on any atom is -0.493 e. The van der Waals surface area contributed by atoms with E-state index < -0.39 is 0 Å². The van der Waals surface area contributed by atoms with Crippen molar-refractivity contribution in [1.82, 2.24) is 15.6 Å². The summed E-state index contributed by atoms with van der Waals surface area (Å²) in [7, 11) is 3.16. The first kappa shape index (κ1) is 19.4. The summed E-state index contributed by atoms with van der Waals surface area (Å²) < 4.78 is 15.9. The molecule has 2 aromatic rings. The molecule has 0 radical (unpaired) electrons. The predicted octanol–water partition coefficient (Wildman–Crippen LogP) is 2.89. The zero-order valence-corrected chi connectivity index (χ0v) is 15.5. The highest BCUT2D eigenvalue weighted by molar-refractivity contribution is 5.73. The lowest BCUT2D eigenvalue weighted by atomic mass is 10.2. The van der Waals surface area contributed by atoms with Gasteiger partial charge in [0.2, 0.25) is 5.88 Å². The number of pyridine rings is 1. The van der Waals surface area contributed by atoms with Gasteiger partial charge in [0.25, 0.3) is 0 Å². The zero-order chi connectivity index (χ0) is 18.9. The molecule has 1 aromatic heterocycles. The first-order chi connectivity index (χ1) is 12.5. The molecule has 1 aromatic carbocycles. The van der Waals surface area contributed by atoms with Gasteiger partial charge in [0.15, 0.2) is 11.5 Å². The van der Waals surface area contributed by atoms with E-state index in [2.05, 4.69) is 15.6 Å². The average molecular weight is 359 g/mol. The van der Waals surface area contributed by atoms with Gasteiger partial charge < -0.3 is 24.8 Å². The largest absolute Gasteiger partial charge is 0.493 e. The highest BCUT2D eigenvalue weighted by Gasteiger charge is 2.06. The summed E-state index contributed by atoms with van der Waals surface area (Å²) in [5, 5.41) is 5.60. The Labute approximate surface area is 153 Å². The van der Waals surface area contributed by atoms with Crippen LogP contribution in [0.25, 0.3) is 0 Å². The lowest BCUT2D eigenvalue weighted by molar-refractivity contribution is 0.232. The van der Waals surface area contributed by atoms with Crippen molar-refractivity contribution in [2.45, 2.75) is 33.0 Å². The highest BCUT2D eigenvalue weighted by atomic mass is 16.5. The summed E-state index contributed by atoms with van der Waals surface area (Å²) in [6.45, 7) is 4.65. The Hall–Kier alpha value is -2.96. The van der Waals surface area contributed by atoms with Crippen LogP contribution in [0.15, 0.2) is 36.5 Å². The number of methoxy groups -OCH3 is 2. The molecule has 0 unspecified atom stereocenters. The molecule has 0 aliphatic rings. The molecule has 7 nitrogen and oxygen atoms in total. The molecule has 0 bridgehead atoms. The van der Waals surface area contributed by atoms with Crippen LogP contribution < -0.4 is 24.8 Å². The Kier molecular flexibility index (Phi) is 7.08. The van der Waals surface area contributed by atoms with E-state index in [4.69, 9.17) is 14.2 Å². The number of hydrogen-bond donors (Lipinski definition) is 2. The van der Waals surface area contributed by atoms with Gasteiger partial charge in [0.1, 0.15) is 0 Å². The number of amides is 2. The second kappa shape index (κ2) is 9.50. The van der Waals surface area contributed by atoms with Gasteiger partial charge in [-0.2, -0.15) is 0 Å². The molecule has 1 heterocycles. The van der Waals surface area contributed by atoms with E-state index in [-0.39, 0.29) is 12.1 Å². The number of rotatable bonds is 8. The van der Waals surface area contributed by atoms with Crippen LogP contribution in [-0.2, 0) is 13.1 Å². The molecule has 0 aliphatic carbocycles. The smallest absolute Gasteiger partial charge is 0.315 e. The average Bonchev–Trinajstić information content (AvgIpc) is 2.65. The second-order valence-electron chi connectivity index (χ2n) is 5.90. The minimum absolute atomic E-state index is 0.0776. The first-order valence-corrected chi connectivity index (χ1v) is 8.36. The van der Waals surface area contributed by atoms with Crippen molar-refractivity contribution in [2.24, 2.45) is 0 Å². The molecule has 140 valence electrons. The molecule has 0 aliphatic heterocycles. The molecule has 0 saturated heterocycles. The van der Waals surface area contributed by atoms with Crippen LogP contribution in [0.3, 0.4) is 0 Å². The normalized spacial score (nSPS) is 10.3. The molecular weight excluding hydrogens is 334 g/mol. The zero-order valence-electron chi connectivity index (χ0n) is 15.5. The predicted molar refractivity (Wildman–Crippen MR) is 98.6 cm³/mol. The van der Waals surface area contributed by atoms with Crippen LogP contribution in [0.2, 0.25) is 0 Å². The van der Waals surface area contributed by atoms with Gasteiger partial charge in [0, 0.05) is 25.4 Å². The lowest BCUT2D eigenvalue weighted by Crippen LogP contribution is -2.34. The molecule has 7 heteroatoms. The van der Waals surface area contributed by atoms with E-state index in [0.29, 0.717) is 30.5 Å². The Morgan fingerprint density at radius 1 is 1.00 bits per heavy atom. The van der Waals surface area contributed by atoms with Crippen molar-refractivity contribution in [3.8, 4) is 17.4 Å². The summed E-state index contributed by atoms with van der Waals surface area (Å²) in [6, 6.07) is 8.91. The summed E-state index contributed by atoms with van der Waals surface area (Å²) in [4.78, 5) is 16.2. The van der Waals surface area contributed by atoms with Gasteiger partial charge in [-0.25, -0.2) is 9.78 Å². The van der Waals surface area contributed by atoms with E-state index in [1.165, 1.54) is 0 Å². The standard InChI is InChI=1S/C19H25N3O4/c1-13(2)26-18-8-6-15(11-20-18)12-22-19(23)21-10-14-5-7-16(24-3)17(9-14)25-4/h5-9,11,13H,10,12H2,1-4H3,(H2,21,22,23). The van der Waals surface area contributed by atoms with E-state index >= 15 is 0 Å². The topological polar surface area (TPSA) is 81.7 Å². The molecular formula is C19H25N3O4. The maximum atomic E-state index is 12.0. The maximum absolute atomic E-state index is 12.0. The van der Waals surface area contributed by atoms with Crippen molar-refractivity contribution in [2.75, 3.05) is 14.2 Å². The van der Waals surface area contributed by atoms with Crippen LogP contribution in [0.1, 0.15) is 25.0 Å². The first-order valence-electron chi connectivity index (χ1n) is 8.36.